The Morgan fingerprint density at radius 1 is 0.775 bits per heavy atom. The van der Waals surface area contributed by atoms with Crippen LogP contribution < -0.4 is 10.6 Å². The fraction of sp³-hybridized carbons (Fsp3) is 0.548. The van der Waals surface area contributed by atoms with Crippen LogP contribution in [0.5, 0.6) is 0 Å². The van der Waals surface area contributed by atoms with Crippen molar-refractivity contribution in [3.8, 4) is 0 Å². The van der Waals surface area contributed by atoms with Gasteiger partial charge in [0.15, 0.2) is 0 Å². The zero-order valence-electron chi connectivity index (χ0n) is 24.5. The number of nitrogens with zero attached hydrogens (tertiary/aromatic N) is 1. The zero-order valence-corrected chi connectivity index (χ0v) is 24.5. The summed E-state index contributed by atoms with van der Waals surface area (Å²) in [4.78, 5) is 26.3. The summed E-state index contributed by atoms with van der Waals surface area (Å²) in [7, 11) is 0. The highest BCUT2D eigenvalue weighted by Gasteiger charge is 2.37. The third kappa shape index (κ3) is 10.2. The smallest absolute Gasteiger partial charge is 0.408 e. The largest absolute Gasteiger partial charge is 0.465 e. The molecule has 2 rings (SSSR count). The predicted octanol–water partition coefficient (Wildman–Crippen LogP) is 2.82. The van der Waals surface area contributed by atoms with Gasteiger partial charge in [-0.05, 0) is 50.2 Å². The van der Waals surface area contributed by atoms with Crippen LogP contribution in [-0.2, 0) is 17.6 Å². The fourth-order valence-electron chi connectivity index (χ4n) is 4.64. The van der Waals surface area contributed by atoms with Crippen molar-refractivity contribution in [1.82, 2.24) is 15.5 Å². The van der Waals surface area contributed by atoms with E-state index < -0.39 is 53.3 Å². The summed E-state index contributed by atoms with van der Waals surface area (Å²) in [5.41, 5.74) is 0.364. The first-order valence-electron chi connectivity index (χ1n) is 13.8. The Morgan fingerprint density at radius 2 is 1.25 bits per heavy atom. The summed E-state index contributed by atoms with van der Waals surface area (Å²) < 4.78 is 0. The summed E-state index contributed by atoms with van der Waals surface area (Å²) in [5, 5.41) is 48.6. The third-order valence-corrected chi connectivity index (χ3v) is 6.86. The van der Waals surface area contributed by atoms with E-state index in [9.17, 15) is 30.0 Å². The molecule has 2 aromatic rings. The van der Waals surface area contributed by atoms with Gasteiger partial charge in [-0.2, -0.15) is 0 Å². The molecule has 222 valence electrons. The molecule has 5 atom stereocenters. The average Bonchev–Trinajstić information content (AvgIpc) is 2.86. The maximum atomic E-state index is 12.8. The molecule has 2 amide bonds. The minimum atomic E-state index is -1.26. The molecule has 0 aliphatic carbocycles. The van der Waals surface area contributed by atoms with Gasteiger partial charge in [0.1, 0.15) is 6.10 Å². The predicted molar refractivity (Wildman–Crippen MR) is 156 cm³/mol. The molecule has 0 heterocycles. The van der Waals surface area contributed by atoms with Crippen LogP contribution in [0, 0.1) is 5.41 Å². The van der Waals surface area contributed by atoms with Gasteiger partial charge in [-0.1, -0.05) is 81.4 Å². The molecule has 0 aromatic heterocycles. The van der Waals surface area contributed by atoms with Crippen LogP contribution in [0.2, 0.25) is 0 Å². The van der Waals surface area contributed by atoms with Gasteiger partial charge in [-0.3, -0.25) is 9.69 Å². The Hall–Kier alpha value is -2.98. The molecule has 0 bridgehead atoms. The molecule has 1 unspecified atom stereocenters. The number of carboxylic acid groups (broad SMARTS) is 1. The lowest BCUT2D eigenvalue weighted by atomic mass is 9.88. The number of amides is 2. The number of rotatable bonds is 13. The third-order valence-electron chi connectivity index (χ3n) is 6.86. The first-order valence-corrected chi connectivity index (χ1v) is 13.8. The number of carbonyl (C=O) groups excluding carboxylic acids is 1. The number of aliphatic hydroxyl groups is 3. The molecule has 0 aliphatic heterocycles. The first kappa shape index (κ1) is 33.2. The number of carbonyl (C=O) groups is 2. The lowest BCUT2D eigenvalue weighted by molar-refractivity contribution is -0.136. The van der Waals surface area contributed by atoms with Crippen LogP contribution in [0.4, 0.5) is 4.79 Å². The lowest BCUT2D eigenvalue weighted by Crippen LogP contribution is -2.58. The number of hydrogen-bond donors (Lipinski definition) is 6. The van der Waals surface area contributed by atoms with Gasteiger partial charge in [-0.25, -0.2) is 4.79 Å². The monoisotopic (exact) mass is 557 g/mol. The molecule has 40 heavy (non-hydrogen) atoms. The van der Waals surface area contributed by atoms with Gasteiger partial charge < -0.3 is 31.1 Å². The second-order valence-corrected chi connectivity index (χ2v) is 12.4. The lowest BCUT2D eigenvalue weighted by Gasteiger charge is -2.42. The maximum absolute atomic E-state index is 12.8. The molecule has 0 aliphatic rings. The van der Waals surface area contributed by atoms with E-state index >= 15 is 0 Å². The highest BCUT2D eigenvalue weighted by molar-refractivity contribution is 5.81. The average molecular weight is 558 g/mol. The SMILES string of the molecule is CC(C)(C)C(O)C(=O)N[C@@H](Cc1ccccc1)[C@H](O)CNC[C@@H](O)[C@H](Cc1ccccc1)N(C(=O)O)C(C)(C)C. The van der Waals surface area contributed by atoms with Crippen LogP contribution in [0.1, 0.15) is 52.7 Å². The van der Waals surface area contributed by atoms with Gasteiger partial charge in [0.25, 0.3) is 0 Å². The molecule has 0 fully saturated rings. The first-order chi connectivity index (χ1) is 18.6. The highest BCUT2D eigenvalue weighted by Crippen LogP contribution is 2.23. The minimum absolute atomic E-state index is 0.0189. The summed E-state index contributed by atoms with van der Waals surface area (Å²) >= 11 is 0. The Labute approximate surface area is 238 Å². The maximum Gasteiger partial charge on any atom is 0.408 e. The molecule has 0 spiro atoms. The normalized spacial score (nSPS) is 15.9. The van der Waals surface area contributed by atoms with Gasteiger partial charge in [-0.15, -0.1) is 0 Å². The molecule has 9 heteroatoms. The van der Waals surface area contributed by atoms with Crippen molar-refractivity contribution in [2.24, 2.45) is 5.41 Å². The quantitative estimate of drug-likeness (QED) is 0.222. The molecule has 2 aromatic carbocycles. The zero-order chi connectivity index (χ0) is 30.1. The van der Waals surface area contributed by atoms with Crippen LogP contribution in [0.25, 0.3) is 0 Å². The Balaban J connectivity index is 2.15. The van der Waals surface area contributed by atoms with E-state index in [0.29, 0.717) is 12.8 Å². The summed E-state index contributed by atoms with van der Waals surface area (Å²) in [5.74, 6) is -0.572. The van der Waals surface area contributed by atoms with E-state index in [-0.39, 0.29) is 13.1 Å². The van der Waals surface area contributed by atoms with Crippen LogP contribution >= 0.6 is 0 Å². The van der Waals surface area contributed by atoms with Crippen molar-refractivity contribution < 1.29 is 30.0 Å². The molecular formula is C31H47N3O6. The van der Waals surface area contributed by atoms with Crippen LogP contribution in [-0.4, -0.2) is 86.4 Å². The summed E-state index contributed by atoms with van der Waals surface area (Å²) in [6, 6.07) is 17.4. The van der Waals surface area contributed by atoms with Crippen molar-refractivity contribution in [3.05, 3.63) is 71.8 Å². The second kappa shape index (κ2) is 14.6. The minimum Gasteiger partial charge on any atom is -0.465 e. The van der Waals surface area contributed by atoms with Crippen molar-refractivity contribution in [3.63, 3.8) is 0 Å². The van der Waals surface area contributed by atoms with E-state index in [4.69, 9.17) is 0 Å². The van der Waals surface area contributed by atoms with Crippen molar-refractivity contribution in [2.75, 3.05) is 13.1 Å². The van der Waals surface area contributed by atoms with Gasteiger partial charge in [0.05, 0.1) is 24.3 Å². The number of aliphatic hydroxyl groups excluding tert-OH is 3. The van der Waals surface area contributed by atoms with Crippen molar-refractivity contribution in [2.45, 2.75) is 90.3 Å². The van der Waals surface area contributed by atoms with Crippen molar-refractivity contribution >= 4 is 12.0 Å². The molecule has 0 radical (unpaired) electrons. The number of hydrogen-bond acceptors (Lipinski definition) is 6. The number of benzene rings is 2. The molecule has 0 saturated heterocycles. The van der Waals surface area contributed by atoms with Gasteiger partial charge >= 0.3 is 6.09 Å². The number of nitrogens with one attached hydrogen (secondary N) is 2. The molecule has 0 saturated carbocycles. The second-order valence-electron chi connectivity index (χ2n) is 12.4. The molecule has 6 N–H and O–H groups in total. The van der Waals surface area contributed by atoms with E-state index in [1.807, 2.05) is 60.7 Å². The standard InChI is InChI=1S/C31H47N3O6/c1-30(2,3)27(37)28(38)33-23(17-21-13-9-7-10-14-21)25(35)19-32-20-26(36)24(18-22-15-11-8-12-16-22)34(29(39)40)31(4,5)6/h7-16,23-27,32,35-37H,17-20H2,1-6H3,(H,33,38)(H,39,40)/t23-,24-,25+,26+,27?/m0/s1. The Morgan fingerprint density at radius 3 is 1.70 bits per heavy atom. The van der Waals surface area contributed by atoms with Crippen molar-refractivity contribution in [1.29, 1.82) is 0 Å². The molecule has 9 nitrogen and oxygen atoms in total. The Bertz CT molecular complexity index is 1050. The Kier molecular flexibility index (Phi) is 12.1. The topological polar surface area (TPSA) is 142 Å². The van der Waals surface area contributed by atoms with Gasteiger partial charge in [0.2, 0.25) is 5.91 Å². The van der Waals surface area contributed by atoms with E-state index in [1.165, 1.54) is 4.90 Å². The van der Waals surface area contributed by atoms with Gasteiger partial charge in [0, 0.05) is 18.6 Å². The summed E-state index contributed by atoms with van der Waals surface area (Å²) in [6.07, 6.45) is -3.86. The van der Waals surface area contributed by atoms with E-state index in [1.54, 1.807) is 41.5 Å². The highest BCUT2D eigenvalue weighted by atomic mass is 16.4. The fourth-order valence-corrected chi connectivity index (χ4v) is 4.64. The summed E-state index contributed by atoms with van der Waals surface area (Å²) in [6.45, 7) is 10.7. The van der Waals surface area contributed by atoms with Crippen LogP contribution in [0.15, 0.2) is 60.7 Å². The van der Waals surface area contributed by atoms with E-state index in [0.717, 1.165) is 11.1 Å². The van der Waals surface area contributed by atoms with Crippen LogP contribution in [0.3, 0.4) is 0 Å². The molecular weight excluding hydrogens is 510 g/mol. The van der Waals surface area contributed by atoms with E-state index in [2.05, 4.69) is 10.6 Å².